The molecule has 0 spiro atoms. The Morgan fingerprint density at radius 3 is 2.52 bits per heavy atom. The van der Waals surface area contributed by atoms with Crippen molar-refractivity contribution in [2.75, 3.05) is 31.5 Å². The molecule has 0 aliphatic heterocycles. The van der Waals surface area contributed by atoms with Gasteiger partial charge in [-0.2, -0.15) is 0 Å². The molecule has 1 aromatic heterocycles. The topological polar surface area (TPSA) is 87.2 Å². The van der Waals surface area contributed by atoms with Gasteiger partial charge in [-0.1, -0.05) is 55.5 Å². The van der Waals surface area contributed by atoms with E-state index in [9.17, 15) is 9.59 Å². The molecule has 2 aromatic rings. The van der Waals surface area contributed by atoms with E-state index in [1.807, 2.05) is 30.3 Å². The van der Waals surface area contributed by atoms with Crippen molar-refractivity contribution in [2.24, 2.45) is 0 Å². The number of hydrogen-bond donors (Lipinski definition) is 2. The highest BCUT2D eigenvalue weighted by Gasteiger charge is 2.09. The van der Waals surface area contributed by atoms with Crippen LogP contribution in [0.1, 0.15) is 43.7 Å². The molecule has 2 amide bonds. The Labute approximate surface area is 176 Å². The Morgan fingerprint density at radius 1 is 1.03 bits per heavy atom. The molecule has 0 atom stereocenters. The van der Waals surface area contributed by atoms with Crippen molar-refractivity contribution in [1.82, 2.24) is 20.4 Å². The minimum absolute atomic E-state index is 0.0970. The normalized spacial score (nSPS) is 10.9. The van der Waals surface area contributed by atoms with Crippen molar-refractivity contribution in [3.8, 4) is 0 Å². The number of benzene rings is 1. The van der Waals surface area contributed by atoms with Gasteiger partial charge in [-0.05, 0) is 31.5 Å². The van der Waals surface area contributed by atoms with E-state index in [0.29, 0.717) is 24.5 Å². The molecule has 0 saturated carbocycles. The second-order valence-electron chi connectivity index (χ2n) is 6.80. The van der Waals surface area contributed by atoms with E-state index in [2.05, 4.69) is 39.6 Å². The predicted molar refractivity (Wildman–Crippen MR) is 117 cm³/mol. The first-order chi connectivity index (χ1) is 14.1. The fraction of sp³-hybridized carbons (Fsp3) is 0.524. The molecule has 1 heterocycles. The van der Waals surface area contributed by atoms with E-state index in [0.717, 1.165) is 49.5 Å². The van der Waals surface area contributed by atoms with Crippen molar-refractivity contribution >= 4 is 28.3 Å². The number of likely N-dealkylation sites (N-methyl/N-ethyl adjacent to an activating group) is 1. The molecule has 29 heavy (non-hydrogen) atoms. The Hall–Kier alpha value is -2.32. The quantitative estimate of drug-likeness (QED) is 0.489. The Balaban J connectivity index is 1.60. The molecule has 158 valence electrons. The average Bonchev–Trinajstić information content (AvgIpc) is 3.16. The summed E-state index contributed by atoms with van der Waals surface area (Å²) in [5.74, 6) is 0.00330. The summed E-state index contributed by atoms with van der Waals surface area (Å²) in [7, 11) is 0. The molecule has 2 N–H and O–H groups in total. The Kier molecular flexibility index (Phi) is 10.3. The number of unbranched alkanes of at least 4 members (excludes halogenated alkanes) is 1. The fourth-order valence-corrected chi connectivity index (χ4v) is 3.69. The standard InChI is InChI=1S/C21H31N5O2S/c1-3-26(4-2)15-14-22-18(27)12-8-9-13-20-24-25-21(29-20)23-19(28)16-17-10-6-5-7-11-17/h5-7,10-11H,3-4,8-9,12-16H2,1-2H3,(H,22,27)(H,23,25,28). The van der Waals surface area contributed by atoms with Gasteiger partial charge in [0.2, 0.25) is 16.9 Å². The van der Waals surface area contributed by atoms with Crippen LogP contribution in [0.15, 0.2) is 30.3 Å². The summed E-state index contributed by atoms with van der Waals surface area (Å²) >= 11 is 1.39. The predicted octanol–water partition coefficient (Wildman–Crippen LogP) is 2.89. The van der Waals surface area contributed by atoms with Gasteiger partial charge in [0.15, 0.2) is 0 Å². The summed E-state index contributed by atoms with van der Waals surface area (Å²) in [6, 6.07) is 9.60. The molecule has 8 heteroatoms. The van der Waals surface area contributed by atoms with Crippen molar-refractivity contribution in [1.29, 1.82) is 0 Å². The largest absolute Gasteiger partial charge is 0.355 e. The zero-order valence-corrected chi connectivity index (χ0v) is 18.1. The number of aromatic nitrogens is 2. The lowest BCUT2D eigenvalue weighted by molar-refractivity contribution is -0.121. The molecule has 0 fully saturated rings. The van der Waals surface area contributed by atoms with Gasteiger partial charge < -0.3 is 15.5 Å². The maximum absolute atomic E-state index is 12.1. The minimum atomic E-state index is -0.0970. The lowest BCUT2D eigenvalue weighted by atomic mass is 10.1. The summed E-state index contributed by atoms with van der Waals surface area (Å²) in [5.41, 5.74) is 0.963. The highest BCUT2D eigenvalue weighted by atomic mass is 32.1. The number of rotatable bonds is 13. The second-order valence-corrected chi connectivity index (χ2v) is 7.86. The first-order valence-electron chi connectivity index (χ1n) is 10.3. The number of nitrogens with one attached hydrogen (secondary N) is 2. The SMILES string of the molecule is CCN(CC)CCNC(=O)CCCCc1nnc(NC(=O)Cc2ccccc2)s1. The van der Waals surface area contributed by atoms with Crippen LogP contribution >= 0.6 is 11.3 Å². The highest BCUT2D eigenvalue weighted by molar-refractivity contribution is 7.15. The molecule has 1 aromatic carbocycles. The molecule has 2 rings (SSSR count). The number of carbonyl (C=O) groups excluding carboxylic acids is 2. The number of nitrogens with zero attached hydrogens (tertiary/aromatic N) is 3. The van der Waals surface area contributed by atoms with E-state index in [1.165, 1.54) is 11.3 Å². The number of amides is 2. The Morgan fingerprint density at radius 2 is 1.79 bits per heavy atom. The third-order valence-corrected chi connectivity index (χ3v) is 5.51. The van der Waals surface area contributed by atoms with Crippen LogP contribution in [0.25, 0.3) is 0 Å². The van der Waals surface area contributed by atoms with E-state index in [4.69, 9.17) is 0 Å². The van der Waals surface area contributed by atoms with Crippen LogP contribution < -0.4 is 10.6 Å². The number of hydrogen-bond acceptors (Lipinski definition) is 6. The maximum atomic E-state index is 12.1. The van der Waals surface area contributed by atoms with E-state index in [1.54, 1.807) is 0 Å². The van der Waals surface area contributed by atoms with Crippen LogP contribution in [-0.2, 0) is 22.4 Å². The summed E-state index contributed by atoms with van der Waals surface area (Å²) in [4.78, 5) is 26.2. The fourth-order valence-electron chi connectivity index (χ4n) is 2.89. The van der Waals surface area contributed by atoms with Gasteiger partial charge in [-0.3, -0.25) is 9.59 Å². The van der Waals surface area contributed by atoms with Gasteiger partial charge >= 0.3 is 0 Å². The van der Waals surface area contributed by atoms with Crippen LogP contribution in [0.2, 0.25) is 0 Å². The van der Waals surface area contributed by atoms with Gasteiger partial charge in [0.25, 0.3) is 0 Å². The second kappa shape index (κ2) is 13.0. The van der Waals surface area contributed by atoms with Gasteiger partial charge in [0.1, 0.15) is 5.01 Å². The summed E-state index contributed by atoms with van der Waals surface area (Å²) in [6.07, 6.45) is 3.29. The van der Waals surface area contributed by atoms with Gasteiger partial charge in [0, 0.05) is 25.9 Å². The number of aryl methyl sites for hydroxylation is 1. The molecule has 0 unspecified atom stereocenters. The molecule has 0 radical (unpaired) electrons. The molecular formula is C21H31N5O2S. The summed E-state index contributed by atoms with van der Waals surface area (Å²) in [5, 5.41) is 15.3. The van der Waals surface area contributed by atoms with Crippen molar-refractivity contribution in [3.05, 3.63) is 40.9 Å². The zero-order chi connectivity index (χ0) is 20.9. The van der Waals surface area contributed by atoms with Crippen molar-refractivity contribution in [3.63, 3.8) is 0 Å². The first-order valence-corrected chi connectivity index (χ1v) is 11.1. The van der Waals surface area contributed by atoms with E-state index < -0.39 is 0 Å². The number of carbonyl (C=O) groups is 2. The monoisotopic (exact) mass is 417 g/mol. The van der Waals surface area contributed by atoms with Crippen LogP contribution in [0.4, 0.5) is 5.13 Å². The summed E-state index contributed by atoms with van der Waals surface area (Å²) < 4.78 is 0. The molecule has 0 aliphatic rings. The van der Waals surface area contributed by atoms with Gasteiger partial charge in [-0.25, -0.2) is 0 Å². The third kappa shape index (κ3) is 9.15. The molecule has 0 saturated heterocycles. The van der Waals surface area contributed by atoms with Gasteiger partial charge in [-0.15, -0.1) is 10.2 Å². The molecule has 0 aliphatic carbocycles. The first kappa shape index (κ1) is 23.0. The third-order valence-electron chi connectivity index (χ3n) is 4.61. The lowest BCUT2D eigenvalue weighted by Gasteiger charge is -2.17. The van der Waals surface area contributed by atoms with Crippen molar-refractivity contribution < 1.29 is 9.59 Å². The van der Waals surface area contributed by atoms with Crippen LogP contribution in [0, 0.1) is 0 Å². The molecular weight excluding hydrogens is 386 g/mol. The smallest absolute Gasteiger partial charge is 0.230 e. The van der Waals surface area contributed by atoms with E-state index in [-0.39, 0.29) is 11.8 Å². The van der Waals surface area contributed by atoms with Crippen LogP contribution in [-0.4, -0.2) is 53.1 Å². The van der Waals surface area contributed by atoms with Crippen molar-refractivity contribution in [2.45, 2.75) is 46.0 Å². The van der Waals surface area contributed by atoms with Crippen LogP contribution in [0.3, 0.4) is 0 Å². The average molecular weight is 418 g/mol. The highest BCUT2D eigenvalue weighted by Crippen LogP contribution is 2.18. The Bertz CT molecular complexity index is 747. The maximum Gasteiger partial charge on any atom is 0.230 e. The summed E-state index contributed by atoms with van der Waals surface area (Å²) in [6.45, 7) is 7.84. The van der Waals surface area contributed by atoms with Crippen LogP contribution in [0.5, 0.6) is 0 Å². The molecule has 0 bridgehead atoms. The zero-order valence-electron chi connectivity index (χ0n) is 17.3. The van der Waals surface area contributed by atoms with Gasteiger partial charge in [0.05, 0.1) is 6.42 Å². The van der Waals surface area contributed by atoms with E-state index >= 15 is 0 Å². The number of anilines is 1. The molecule has 7 nitrogen and oxygen atoms in total. The lowest BCUT2D eigenvalue weighted by Crippen LogP contribution is -2.34. The minimum Gasteiger partial charge on any atom is -0.355 e.